The number of amides is 1. The van der Waals surface area contributed by atoms with Crippen LogP contribution in [0.25, 0.3) is 0 Å². The topological polar surface area (TPSA) is 64.6 Å². The van der Waals surface area contributed by atoms with Crippen LogP contribution in [0.4, 0.5) is 4.79 Å². The van der Waals surface area contributed by atoms with Gasteiger partial charge in [-0.1, -0.05) is 0 Å². The smallest absolute Gasteiger partial charge is 0.407 e. The Kier molecular flexibility index (Phi) is 11.5. The number of rotatable bonds is 9. The van der Waals surface area contributed by atoms with Gasteiger partial charge in [-0.2, -0.15) is 11.8 Å². The van der Waals surface area contributed by atoms with Crippen LogP contribution in [-0.2, 0) is 14.3 Å². The van der Waals surface area contributed by atoms with Gasteiger partial charge in [0.25, 0.3) is 0 Å². The summed E-state index contributed by atoms with van der Waals surface area (Å²) >= 11 is 12.4. The van der Waals surface area contributed by atoms with Crippen LogP contribution in [-0.4, -0.2) is 55.1 Å². The summed E-state index contributed by atoms with van der Waals surface area (Å²) in [7, 11) is 0. The third-order valence-corrected chi connectivity index (χ3v) is 2.77. The maximum Gasteiger partial charge on any atom is 0.407 e. The van der Waals surface area contributed by atoms with E-state index in [0.717, 1.165) is 5.75 Å². The first-order valence-corrected chi connectivity index (χ1v) is 7.82. The molecule has 0 bridgehead atoms. The van der Waals surface area contributed by atoms with Crippen molar-refractivity contribution in [1.82, 2.24) is 5.32 Å². The molecule has 0 saturated carbocycles. The van der Waals surface area contributed by atoms with E-state index in [0.29, 0.717) is 6.42 Å². The van der Waals surface area contributed by atoms with Crippen LogP contribution in [0.5, 0.6) is 0 Å². The Morgan fingerprint density at radius 1 is 1.22 bits per heavy atom. The second-order valence-electron chi connectivity index (χ2n) is 3.16. The summed E-state index contributed by atoms with van der Waals surface area (Å²) in [5, 5.41) is 2.44. The standard InChI is InChI=1S/C10H17Cl2NO4S/c1-18-7-2-8(9(14)16-5-3-11)13-10(15)17-6-4-12/h8H,2-7H2,1H3,(H,13,15). The lowest BCUT2D eigenvalue weighted by molar-refractivity contribution is -0.145. The molecule has 18 heavy (non-hydrogen) atoms. The maximum absolute atomic E-state index is 11.6. The highest BCUT2D eigenvalue weighted by Crippen LogP contribution is 2.03. The van der Waals surface area contributed by atoms with Gasteiger partial charge in [0.05, 0.1) is 11.8 Å². The zero-order valence-corrected chi connectivity index (χ0v) is 12.4. The molecule has 0 aromatic rings. The maximum atomic E-state index is 11.6. The molecule has 0 aliphatic rings. The van der Waals surface area contributed by atoms with Crippen molar-refractivity contribution in [2.45, 2.75) is 12.5 Å². The molecule has 0 rings (SSSR count). The second kappa shape index (κ2) is 11.7. The monoisotopic (exact) mass is 317 g/mol. The van der Waals surface area contributed by atoms with Crippen molar-refractivity contribution in [2.24, 2.45) is 0 Å². The van der Waals surface area contributed by atoms with Crippen LogP contribution in [0, 0.1) is 0 Å². The molecule has 1 atom stereocenters. The van der Waals surface area contributed by atoms with Gasteiger partial charge in [0.1, 0.15) is 19.3 Å². The minimum Gasteiger partial charge on any atom is -0.463 e. The van der Waals surface area contributed by atoms with E-state index in [2.05, 4.69) is 5.32 Å². The van der Waals surface area contributed by atoms with Crippen LogP contribution in [0.2, 0.25) is 0 Å². The average Bonchev–Trinajstić information content (AvgIpc) is 2.38. The quantitative estimate of drug-likeness (QED) is 0.519. The molecule has 5 nitrogen and oxygen atoms in total. The molecule has 0 fully saturated rings. The highest BCUT2D eigenvalue weighted by Gasteiger charge is 2.22. The second-order valence-corrected chi connectivity index (χ2v) is 4.90. The van der Waals surface area contributed by atoms with Crippen LogP contribution >= 0.6 is 35.0 Å². The zero-order chi connectivity index (χ0) is 13.8. The lowest BCUT2D eigenvalue weighted by Gasteiger charge is -2.16. The number of thioether (sulfide) groups is 1. The van der Waals surface area contributed by atoms with Crippen LogP contribution in [0.1, 0.15) is 6.42 Å². The number of esters is 1. The predicted molar refractivity (Wildman–Crippen MR) is 73.7 cm³/mol. The number of alkyl carbamates (subject to hydrolysis) is 1. The number of ether oxygens (including phenoxy) is 2. The molecule has 0 aromatic carbocycles. The summed E-state index contributed by atoms with van der Waals surface area (Å²) in [6.45, 7) is 0.216. The molecule has 106 valence electrons. The lowest BCUT2D eigenvalue weighted by Crippen LogP contribution is -2.42. The Labute approximate surface area is 121 Å². The average molecular weight is 318 g/mol. The highest BCUT2D eigenvalue weighted by molar-refractivity contribution is 7.98. The summed E-state index contributed by atoms with van der Waals surface area (Å²) < 4.78 is 9.61. The number of carbonyl (C=O) groups is 2. The van der Waals surface area contributed by atoms with Crippen molar-refractivity contribution in [3.05, 3.63) is 0 Å². The van der Waals surface area contributed by atoms with Gasteiger partial charge < -0.3 is 14.8 Å². The SMILES string of the molecule is CSCCC(NC(=O)OCCCl)C(=O)OCCCl. The van der Waals surface area contributed by atoms with Crippen LogP contribution < -0.4 is 5.32 Å². The molecule has 0 spiro atoms. The van der Waals surface area contributed by atoms with E-state index in [-0.39, 0.29) is 25.0 Å². The zero-order valence-electron chi connectivity index (χ0n) is 10.1. The van der Waals surface area contributed by atoms with Crippen molar-refractivity contribution in [1.29, 1.82) is 0 Å². The molecule has 0 aliphatic carbocycles. The van der Waals surface area contributed by atoms with Crippen molar-refractivity contribution in [2.75, 3.05) is 37.0 Å². The third-order valence-electron chi connectivity index (χ3n) is 1.82. The molecule has 0 heterocycles. The van der Waals surface area contributed by atoms with Gasteiger partial charge >= 0.3 is 12.1 Å². The lowest BCUT2D eigenvalue weighted by atomic mass is 10.2. The van der Waals surface area contributed by atoms with Crippen LogP contribution in [0.3, 0.4) is 0 Å². The first-order chi connectivity index (χ1) is 8.65. The largest absolute Gasteiger partial charge is 0.463 e. The number of hydrogen-bond donors (Lipinski definition) is 1. The molecule has 0 aliphatic heterocycles. The summed E-state index contributed by atoms with van der Waals surface area (Å²) in [5.41, 5.74) is 0. The van der Waals surface area contributed by atoms with Crippen molar-refractivity contribution >= 4 is 47.0 Å². The van der Waals surface area contributed by atoms with Gasteiger partial charge in [0.2, 0.25) is 0 Å². The van der Waals surface area contributed by atoms with Crippen molar-refractivity contribution in [3.8, 4) is 0 Å². The number of carbonyl (C=O) groups excluding carboxylic acids is 2. The molecule has 0 saturated heterocycles. The van der Waals surface area contributed by atoms with Gasteiger partial charge in [0.15, 0.2) is 0 Å². The van der Waals surface area contributed by atoms with Crippen LogP contribution in [0.15, 0.2) is 0 Å². The Morgan fingerprint density at radius 2 is 1.83 bits per heavy atom. The molecule has 0 aromatic heterocycles. The molecule has 8 heteroatoms. The Hall–Kier alpha value is -0.330. The van der Waals surface area contributed by atoms with Crippen molar-refractivity contribution < 1.29 is 19.1 Å². The minimum absolute atomic E-state index is 0.0966. The Balaban J connectivity index is 4.19. The molecule has 0 radical (unpaired) electrons. The van der Waals surface area contributed by atoms with Gasteiger partial charge in [-0.3, -0.25) is 0 Å². The number of nitrogens with one attached hydrogen (secondary N) is 1. The fourth-order valence-electron chi connectivity index (χ4n) is 1.04. The molecule has 1 unspecified atom stereocenters. The van der Waals surface area contributed by atoms with Gasteiger partial charge in [-0.15, -0.1) is 23.2 Å². The van der Waals surface area contributed by atoms with Gasteiger partial charge in [0, 0.05) is 0 Å². The summed E-state index contributed by atoms with van der Waals surface area (Å²) in [5.74, 6) is 0.640. The van der Waals surface area contributed by atoms with E-state index in [1.54, 1.807) is 11.8 Å². The normalized spacial score (nSPS) is 11.7. The summed E-state index contributed by atoms with van der Waals surface area (Å²) in [4.78, 5) is 23.0. The summed E-state index contributed by atoms with van der Waals surface area (Å²) in [6.07, 6.45) is 1.70. The van der Waals surface area contributed by atoms with E-state index in [1.165, 1.54) is 0 Å². The van der Waals surface area contributed by atoms with E-state index < -0.39 is 18.1 Å². The van der Waals surface area contributed by atoms with Gasteiger partial charge in [-0.05, 0) is 18.4 Å². The first-order valence-electron chi connectivity index (χ1n) is 5.36. The molecular weight excluding hydrogens is 301 g/mol. The fraction of sp³-hybridized carbons (Fsp3) is 0.800. The van der Waals surface area contributed by atoms with Gasteiger partial charge in [-0.25, -0.2) is 9.59 Å². The third kappa shape index (κ3) is 8.72. The molecule has 1 N–H and O–H groups in total. The van der Waals surface area contributed by atoms with E-state index in [9.17, 15) is 9.59 Å². The highest BCUT2D eigenvalue weighted by atomic mass is 35.5. The van der Waals surface area contributed by atoms with Crippen molar-refractivity contribution in [3.63, 3.8) is 0 Å². The molecule has 1 amide bonds. The predicted octanol–water partition coefficient (Wildman–Crippen LogP) is 1.86. The molecular formula is C10H17Cl2NO4S. The number of halogens is 2. The first kappa shape index (κ1) is 17.7. The Bertz CT molecular complexity index is 256. The fourth-order valence-corrected chi connectivity index (χ4v) is 1.67. The van der Waals surface area contributed by atoms with E-state index in [4.69, 9.17) is 32.7 Å². The summed E-state index contributed by atoms with van der Waals surface area (Å²) in [6, 6.07) is -0.719. The number of hydrogen-bond acceptors (Lipinski definition) is 5. The van der Waals surface area contributed by atoms with E-state index in [1.807, 2.05) is 6.26 Å². The number of alkyl halides is 2. The minimum atomic E-state index is -0.719. The van der Waals surface area contributed by atoms with E-state index >= 15 is 0 Å². The Morgan fingerprint density at radius 3 is 2.39 bits per heavy atom.